The number of carbonyl (C=O) groups excluding carboxylic acids is 1. The van der Waals surface area contributed by atoms with E-state index in [9.17, 15) is 13.2 Å². The molecule has 3 rings (SSSR count). The zero-order chi connectivity index (χ0) is 19.7. The van der Waals surface area contributed by atoms with E-state index in [1.54, 1.807) is 12.1 Å². The Morgan fingerprint density at radius 3 is 2.41 bits per heavy atom. The summed E-state index contributed by atoms with van der Waals surface area (Å²) in [6.07, 6.45) is 6.36. The minimum Gasteiger partial charge on any atom is -0.350 e. The molecule has 150 valence electrons. The average molecular weight is 394 g/mol. The van der Waals surface area contributed by atoms with E-state index < -0.39 is 10.0 Å². The summed E-state index contributed by atoms with van der Waals surface area (Å²) in [5.74, 6) is 0.495. The van der Waals surface area contributed by atoms with Crippen molar-refractivity contribution in [3.63, 3.8) is 0 Å². The lowest BCUT2D eigenvalue weighted by Crippen LogP contribution is -2.55. The number of amides is 1. The van der Waals surface area contributed by atoms with Crippen LogP contribution < -0.4 is 10.0 Å². The number of hydrogen-bond donors (Lipinski definition) is 2. The molecule has 0 radical (unpaired) electrons. The summed E-state index contributed by atoms with van der Waals surface area (Å²) in [6.45, 7) is 2.88. The normalized spacial score (nSPS) is 26.1. The van der Waals surface area contributed by atoms with E-state index in [0.29, 0.717) is 18.0 Å². The quantitative estimate of drug-likeness (QED) is 0.745. The fraction of sp³-hybridized carbons (Fsp3) is 0.650. The Morgan fingerprint density at radius 1 is 1.19 bits per heavy atom. The minimum absolute atomic E-state index is 0.00914. The summed E-state index contributed by atoms with van der Waals surface area (Å²) >= 11 is 0. The second-order valence-electron chi connectivity index (χ2n) is 8.42. The van der Waals surface area contributed by atoms with Crippen molar-refractivity contribution in [1.29, 1.82) is 0 Å². The van der Waals surface area contributed by atoms with Crippen molar-refractivity contribution >= 4 is 15.9 Å². The van der Waals surface area contributed by atoms with Gasteiger partial charge in [-0.2, -0.15) is 0 Å². The lowest BCUT2D eigenvalue weighted by molar-refractivity contribution is 0.0675. The molecule has 1 aromatic carbocycles. The predicted octanol–water partition coefficient (Wildman–Crippen LogP) is 2.37. The van der Waals surface area contributed by atoms with Gasteiger partial charge in [-0.25, -0.2) is 13.1 Å². The van der Waals surface area contributed by atoms with Gasteiger partial charge in [-0.3, -0.25) is 4.79 Å². The van der Waals surface area contributed by atoms with Gasteiger partial charge in [0, 0.05) is 23.7 Å². The highest BCUT2D eigenvalue weighted by Gasteiger charge is 2.37. The number of nitrogens with zero attached hydrogens (tertiary/aromatic N) is 1. The molecule has 27 heavy (non-hydrogen) atoms. The number of benzene rings is 1. The standard InChI is InChI=1S/C20H31N3O3S/c1-15-5-4-12-20(13-15,23(2)3)14-21-19(24)16-6-10-18(11-7-16)27(25,26)22-17-8-9-17/h6-7,10-11,15,17,22H,4-5,8-9,12-14H2,1-3H3,(H,21,24)/t15-,20+/m0/s1. The number of likely N-dealkylation sites (N-methyl/N-ethyl adjacent to an activating group) is 1. The number of sulfonamides is 1. The first-order chi connectivity index (χ1) is 12.7. The molecule has 2 fully saturated rings. The summed E-state index contributed by atoms with van der Waals surface area (Å²) < 4.78 is 27.1. The monoisotopic (exact) mass is 393 g/mol. The zero-order valence-electron chi connectivity index (χ0n) is 16.5. The Morgan fingerprint density at radius 2 is 1.85 bits per heavy atom. The maximum absolute atomic E-state index is 12.6. The van der Waals surface area contributed by atoms with Gasteiger partial charge in [0.1, 0.15) is 0 Å². The van der Waals surface area contributed by atoms with Gasteiger partial charge in [0.15, 0.2) is 0 Å². The van der Waals surface area contributed by atoms with E-state index >= 15 is 0 Å². The first kappa shape index (κ1) is 20.3. The van der Waals surface area contributed by atoms with Crippen molar-refractivity contribution in [3.05, 3.63) is 29.8 Å². The van der Waals surface area contributed by atoms with Gasteiger partial charge < -0.3 is 10.2 Å². The maximum Gasteiger partial charge on any atom is 0.251 e. The Labute approximate surface area is 162 Å². The summed E-state index contributed by atoms with van der Waals surface area (Å²) in [7, 11) is 0.676. The molecule has 0 bridgehead atoms. The average Bonchev–Trinajstić information content (AvgIpc) is 3.43. The predicted molar refractivity (Wildman–Crippen MR) is 106 cm³/mol. The molecule has 1 aromatic rings. The van der Waals surface area contributed by atoms with Crippen LogP contribution in [0.2, 0.25) is 0 Å². The summed E-state index contributed by atoms with van der Waals surface area (Å²) in [6, 6.07) is 6.25. The van der Waals surface area contributed by atoms with Crippen molar-refractivity contribution in [3.8, 4) is 0 Å². The van der Waals surface area contributed by atoms with E-state index in [-0.39, 0.29) is 22.4 Å². The molecule has 2 aliphatic carbocycles. The Hall–Kier alpha value is -1.44. The van der Waals surface area contributed by atoms with E-state index in [1.807, 2.05) is 0 Å². The topological polar surface area (TPSA) is 78.5 Å². The lowest BCUT2D eigenvalue weighted by atomic mass is 9.75. The highest BCUT2D eigenvalue weighted by molar-refractivity contribution is 7.89. The second-order valence-corrected chi connectivity index (χ2v) is 10.1. The second kappa shape index (κ2) is 7.89. The largest absolute Gasteiger partial charge is 0.350 e. The molecule has 0 saturated heterocycles. The van der Waals surface area contributed by atoms with Crippen LogP contribution in [0.5, 0.6) is 0 Å². The fourth-order valence-corrected chi connectivity index (χ4v) is 5.28. The molecule has 0 aliphatic heterocycles. The highest BCUT2D eigenvalue weighted by Crippen LogP contribution is 2.35. The molecular weight excluding hydrogens is 362 g/mol. The van der Waals surface area contributed by atoms with Gasteiger partial charge in [0.25, 0.3) is 5.91 Å². The molecule has 2 aliphatic rings. The van der Waals surface area contributed by atoms with Gasteiger partial charge in [0.2, 0.25) is 10.0 Å². The van der Waals surface area contributed by atoms with Crippen molar-refractivity contribution in [2.24, 2.45) is 5.92 Å². The van der Waals surface area contributed by atoms with E-state index in [2.05, 4.69) is 36.0 Å². The molecule has 0 heterocycles. The van der Waals surface area contributed by atoms with Gasteiger partial charge >= 0.3 is 0 Å². The van der Waals surface area contributed by atoms with Crippen LogP contribution in [0.4, 0.5) is 0 Å². The number of nitrogens with one attached hydrogen (secondary N) is 2. The first-order valence-electron chi connectivity index (χ1n) is 9.80. The van der Waals surface area contributed by atoms with Crippen LogP contribution in [-0.4, -0.2) is 51.4 Å². The van der Waals surface area contributed by atoms with Crippen LogP contribution in [0.3, 0.4) is 0 Å². The van der Waals surface area contributed by atoms with Crippen molar-refractivity contribution in [1.82, 2.24) is 14.9 Å². The van der Waals surface area contributed by atoms with Crippen molar-refractivity contribution < 1.29 is 13.2 Å². The third-order valence-corrected chi connectivity index (χ3v) is 7.46. The fourth-order valence-electron chi connectivity index (χ4n) is 3.98. The van der Waals surface area contributed by atoms with Gasteiger partial charge in [-0.05, 0) is 70.0 Å². The van der Waals surface area contributed by atoms with Gasteiger partial charge in [0.05, 0.1) is 4.90 Å². The summed E-state index contributed by atoms with van der Waals surface area (Å²) in [5.41, 5.74) is 0.475. The molecule has 0 spiro atoms. The number of hydrogen-bond acceptors (Lipinski definition) is 4. The molecule has 2 atom stereocenters. The Balaban J connectivity index is 1.63. The number of carbonyl (C=O) groups is 1. The molecular formula is C20H31N3O3S. The molecule has 2 N–H and O–H groups in total. The number of rotatable bonds is 7. The lowest BCUT2D eigenvalue weighted by Gasteiger charge is -2.45. The Bertz CT molecular complexity index is 772. The van der Waals surface area contributed by atoms with Crippen molar-refractivity contribution in [2.45, 2.75) is 61.9 Å². The maximum atomic E-state index is 12.6. The van der Waals surface area contributed by atoms with E-state index in [0.717, 1.165) is 25.7 Å². The molecule has 1 amide bonds. The van der Waals surface area contributed by atoms with Crippen molar-refractivity contribution in [2.75, 3.05) is 20.6 Å². The van der Waals surface area contributed by atoms with Crippen LogP contribution in [0.25, 0.3) is 0 Å². The van der Waals surface area contributed by atoms with Crippen LogP contribution in [0.15, 0.2) is 29.2 Å². The molecule has 0 unspecified atom stereocenters. The third-order valence-electron chi connectivity index (χ3n) is 5.92. The van der Waals surface area contributed by atoms with Crippen LogP contribution in [0.1, 0.15) is 55.8 Å². The van der Waals surface area contributed by atoms with E-state index in [4.69, 9.17) is 0 Å². The van der Waals surface area contributed by atoms with Crippen LogP contribution in [-0.2, 0) is 10.0 Å². The third kappa shape index (κ3) is 4.89. The van der Waals surface area contributed by atoms with E-state index in [1.165, 1.54) is 25.0 Å². The molecule has 6 nitrogen and oxygen atoms in total. The smallest absolute Gasteiger partial charge is 0.251 e. The molecule has 2 saturated carbocycles. The van der Waals surface area contributed by atoms with Gasteiger partial charge in [-0.15, -0.1) is 0 Å². The molecule has 7 heteroatoms. The first-order valence-corrected chi connectivity index (χ1v) is 11.3. The summed E-state index contributed by atoms with van der Waals surface area (Å²) in [4.78, 5) is 15.0. The van der Waals surface area contributed by atoms with Crippen LogP contribution in [0, 0.1) is 5.92 Å². The Kier molecular flexibility index (Phi) is 5.93. The zero-order valence-corrected chi connectivity index (χ0v) is 17.3. The highest BCUT2D eigenvalue weighted by atomic mass is 32.2. The van der Waals surface area contributed by atoms with Crippen LogP contribution >= 0.6 is 0 Å². The molecule has 0 aromatic heterocycles. The van der Waals surface area contributed by atoms with Gasteiger partial charge in [-0.1, -0.05) is 19.8 Å². The summed E-state index contributed by atoms with van der Waals surface area (Å²) in [5, 5.41) is 3.07. The SMILES string of the molecule is C[C@H]1CCC[C@@](CNC(=O)c2ccc(S(=O)(=O)NC3CC3)cc2)(N(C)C)C1. The minimum atomic E-state index is -3.48.